The van der Waals surface area contributed by atoms with Gasteiger partial charge in [0.1, 0.15) is 17.1 Å². The number of aromatic amines is 1. The van der Waals surface area contributed by atoms with Crippen molar-refractivity contribution in [1.82, 2.24) is 9.97 Å². The SMILES string of the molecule is Cc1nc(O)c(C=NNc2ccc([N+](=O)[O-])cc2[N+](=O)[O-])c(=O)[nH]1. The second-order valence-electron chi connectivity index (χ2n) is 4.47. The Morgan fingerprint density at radius 3 is 2.62 bits per heavy atom. The first kappa shape index (κ1) is 16.5. The maximum absolute atomic E-state index is 11.6. The minimum atomic E-state index is -0.817. The summed E-state index contributed by atoms with van der Waals surface area (Å²) in [7, 11) is 0. The number of hydrogen-bond donors (Lipinski definition) is 3. The fourth-order valence-electron chi connectivity index (χ4n) is 1.74. The van der Waals surface area contributed by atoms with E-state index in [1.807, 2.05) is 0 Å². The molecule has 12 heteroatoms. The van der Waals surface area contributed by atoms with Gasteiger partial charge >= 0.3 is 5.69 Å². The van der Waals surface area contributed by atoms with Gasteiger partial charge in [0.15, 0.2) is 0 Å². The number of aromatic hydroxyl groups is 1. The normalized spacial score (nSPS) is 10.7. The lowest BCUT2D eigenvalue weighted by molar-refractivity contribution is -0.393. The second kappa shape index (κ2) is 6.51. The van der Waals surface area contributed by atoms with Crippen LogP contribution in [0.2, 0.25) is 0 Å². The molecule has 0 aliphatic heterocycles. The highest BCUT2D eigenvalue weighted by Gasteiger charge is 2.19. The molecule has 1 aromatic heterocycles. The molecule has 24 heavy (non-hydrogen) atoms. The van der Waals surface area contributed by atoms with Crippen LogP contribution in [-0.2, 0) is 0 Å². The first-order valence-electron chi connectivity index (χ1n) is 6.31. The van der Waals surface area contributed by atoms with E-state index in [0.717, 1.165) is 24.4 Å². The number of H-pyrrole nitrogens is 1. The van der Waals surface area contributed by atoms with Crippen LogP contribution in [0.15, 0.2) is 28.1 Å². The van der Waals surface area contributed by atoms with Crippen molar-refractivity contribution >= 4 is 23.3 Å². The molecule has 2 rings (SSSR count). The summed E-state index contributed by atoms with van der Waals surface area (Å²) in [5.74, 6) is -0.353. The molecule has 0 spiro atoms. The molecule has 0 radical (unpaired) electrons. The molecule has 1 aromatic carbocycles. The van der Waals surface area contributed by atoms with Crippen molar-refractivity contribution in [2.45, 2.75) is 6.92 Å². The predicted octanol–water partition coefficient (Wildman–Crippen LogP) is 1.05. The lowest BCUT2D eigenvalue weighted by atomic mass is 10.2. The molecular weight excluding hydrogens is 324 g/mol. The van der Waals surface area contributed by atoms with Crippen molar-refractivity contribution in [2.24, 2.45) is 5.10 Å². The number of nitro groups is 2. The van der Waals surface area contributed by atoms with Crippen LogP contribution < -0.4 is 11.0 Å². The number of rotatable bonds is 5. The number of aryl methyl sites for hydroxylation is 1. The molecule has 0 amide bonds. The van der Waals surface area contributed by atoms with Gasteiger partial charge in [-0.2, -0.15) is 5.10 Å². The molecule has 0 saturated heterocycles. The molecule has 0 atom stereocenters. The number of nitro benzene ring substituents is 2. The van der Waals surface area contributed by atoms with E-state index in [4.69, 9.17) is 0 Å². The average molecular weight is 334 g/mol. The van der Waals surface area contributed by atoms with Gasteiger partial charge in [0.05, 0.1) is 22.1 Å². The molecule has 2 aromatic rings. The van der Waals surface area contributed by atoms with Crippen LogP contribution in [0.25, 0.3) is 0 Å². The molecule has 0 bridgehead atoms. The highest BCUT2D eigenvalue weighted by atomic mass is 16.6. The average Bonchev–Trinajstić information content (AvgIpc) is 2.49. The second-order valence-corrected chi connectivity index (χ2v) is 4.47. The van der Waals surface area contributed by atoms with E-state index in [1.54, 1.807) is 0 Å². The highest BCUT2D eigenvalue weighted by molar-refractivity contribution is 5.82. The number of nitrogens with one attached hydrogen (secondary N) is 2. The first-order valence-corrected chi connectivity index (χ1v) is 6.31. The maximum Gasteiger partial charge on any atom is 0.301 e. The van der Waals surface area contributed by atoms with E-state index in [-0.39, 0.29) is 17.1 Å². The maximum atomic E-state index is 11.6. The molecule has 124 valence electrons. The number of hydrazone groups is 1. The Labute approximate surface area is 132 Å². The minimum Gasteiger partial charge on any atom is -0.493 e. The zero-order valence-electron chi connectivity index (χ0n) is 12.1. The largest absolute Gasteiger partial charge is 0.493 e. The van der Waals surface area contributed by atoms with E-state index in [2.05, 4.69) is 20.5 Å². The highest BCUT2D eigenvalue weighted by Crippen LogP contribution is 2.28. The topological polar surface area (TPSA) is 177 Å². The van der Waals surface area contributed by atoms with Gasteiger partial charge in [0, 0.05) is 6.07 Å². The van der Waals surface area contributed by atoms with Crippen LogP contribution in [0, 0.1) is 27.2 Å². The molecule has 12 nitrogen and oxygen atoms in total. The van der Waals surface area contributed by atoms with E-state index in [9.17, 15) is 30.1 Å². The third-order valence-electron chi connectivity index (χ3n) is 2.82. The summed E-state index contributed by atoms with van der Waals surface area (Å²) in [5.41, 5.74) is 0.244. The Morgan fingerprint density at radius 2 is 2.04 bits per heavy atom. The molecule has 0 saturated carbocycles. The summed E-state index contributed by atoms with van der Waals surface area (Å²) in [6.45, 7) is 1.47. The van der Waals surface area contributed by atoms with Gasteiger partial charge in [0.25, 0.3) is 11.2 Å². The molecule has 0 aliphatic carbocycles. The Bertz CT molecular complexity index is 905. The fraction of sp³-hybridized carbons (Fsp3) is 0.0833. The van der Waals surface area contributed by atoms with Crippen LogP contribution in [0.3, 0.4) is 0 Å². The van der Waals surface area contributed by atoms with Gasteiger partial charge in [0.2, 0.25) is 5.88 Å². The zero-order chi connectivity index (χ0) is 17.9. The smallest absolute Gasteiger partial charge is 0.301 e. The van der Waals surface area contributed by atoms with E-state index < -0.39 is 32.7 Å². The van der Waals surface area contributed by atoms with Crippen molar-refractivity contribution < 1.29 is 15.0 Å². The lowest BCUT2D eigenvalue weighted by Crippen LogP contribution is -2.15. The summed E-state index contributed by atoms with van der Waals surface area (Å²) in [6, 6.07) is 2.93. The molecule has 3 N–H and O–H groups in total. The predicted molar refractivity (Wildman–Crippen MR) is 82.2 cm³/mol. The Kier molecular flexibility index (Phi) is 4.49. The van der Waals surface area contributed by atoms with Gasteiger partial charge in [-0.05, 0) is 13.0 Å². The van der Waals surface area contributed by atoms with E-state index in [0.29, 0.717) is 0 Å². The van der Waals surface area contributed by atoms with Gasteiger partial charge in [-0.15, -0.1) is 0 Å². The molecule has 0 aliphatic rings. The first-order chi connectivity index (χ1) is 11.3. The van der Waals surface area contributed by atoms with Crippen molar-refractivity contribution in [1.29, 1.82) is 0 Å². The van der Waals surface area contributed by atoms with Gasteiger partial charge < -0.3 is 10.1 Å². The Morgan fingerprint density at radius 1 is 1.33 bits per heavy atom. The number of benzene rings is 1. The van der Waals surface area contributed by atoms with Gasteiger partial charge in [-0.1, -0.05) is 0 Å². The Balaban J connectivity index is 2.31. The van der Waals surface area contributed by atoms with E-state index in [1.165, 1.54) is 6.92 Å². The summed E-state index contributed by atoms with van der Waals surface area (Å²) in [5, 5.41) is 34.8. The Hall–Kier alpha value is -3.83. The van der Waals surface area contributed by atoms with Crippen LogP contribution in [0.1, 0.15) is 11.4 Å². The molecule has 1 heterocycles. The van der Waals surface area contributed by atoms with E-state index >= 15 is 0 Å². The number of nitrogens with zero attached hydrogens (tertiary/aromatic N) is 4. The standard InChI is InChI=1S/C12H10N6O6/c1-6-14-11(19)8(12(20)15-6)5-13-16-9-3-2-7(17(21)22)4-10(9)18(23)24/h2-5,16H,1H3,(H2,14,15,19,20). The summed E-state index contributed by atoms with van der Waals surface area (Å²) < 4.78 is 0. The summed E-state index contributed by atoms with van der Waals surface area (Å²) in [6.07, 6.45) is 0.922. The van der Waals surface area contributed by atoms with Crippen molar-refractivity contribution in [2.75, 3.05) is 5.43 Å². The number of anilines is 1. The van der Waals surface area contributed by atoms with Crippen LogP contribution >= 0.6 is 0 Å². The van der Waals surface area contributed by atoms with Crippen molar-refractivity contribution in [3.05, 3.63) is 60.2 Å². The number of non-ortho nitro benzene ring substituents is 1. The molecular formula is C12H10N6O6. The van der Waals surface area contributed by atoms with Crippen LogP contribution in [0.4, 0.5) is 17.1 Å². The fourth-order valence-corrected chi connectivity index (χ4v) is 1.74. The zero-order valence-corrected chi connectivity index (χ0v) is 12.1. The third kappa shape index (κ3) is 3.49. The monoisotopic (exact) mass is 334 g/mol. The van der Waals surface area contributed by atoms with Crippen LogP contribution in [0.5, 0.6) is 5.88 Å². The third-order valence-corrected chi connectivity index (χ3v) is 2.82. The summed E-state index contributed by atoms with van der Waals surface area (Å²) in [4.78, 5) is 37.6. The van der Waals surface area contributed by atoms with Gasteiger partial charge in [-0.25, -0.2) is 4.98 Å². The van der Waals surface area contributed by atoms with Crippen molar-refractivity contribution in [3.8, 4) is 5.88 Å². The minimum absolute atomic E-state index is 0.127. The van der Waals surface area contributed by atoms with Crippen molar-refractivity contribution in [3.63, 3.8) is 0 Å². The summed E-state index contributed by atoms with van der Waals surface area (Å²) >= 11 is 0. The van der Waals surface area contributed by atoms with Crippen LogP contribution in [-0.4, -0.2) is 31.1 Å². The number of aromatic nitrogens is 2. The quantitative estimate of drug-likeness (QED) is 0.412. The van der Waals surface area contributed by atoms with Gasteiger partial charge in [-0.3, -0.25) is 30.4 Å². The molecule has 0 fully saturated rings. The molecule has 0 unspecified atom stereocenters. The lowest BCUT2D eigenvalue weighted by Gasteiger charge is -2.02. The number of hydrogen-bond acceptors (Lipinski definition) is 9.